The zero-order valence-electron chi connectivity index (χ0n) is 38.6. The van der Waals surface area contributed by atoms with Crippen LogP contribution in [0.4, 0.5) is 26.3 Å². The number of rotatable bonds is 12. The average molecular weight is 997 g/mol. The molecule has 0 unspecified atom stereocenters. The van der Waals surface area contributed by atoms with Crippen LogP contribution in [-0.4, -0.2) is 0 Å². The van der Waals surface area contributed by atoms with E-state index in [1.54, 1.807) is 72.8 Å². The van der Waals surface area contributed by atoms with Gasteiger partial charge in [0.2, 0.25) is 0 Å². The normalized spacial score (nSPS) is 11.2. The minimum Gasteiger partial charge on any atom is -0.207 e. The highest BCUT2D eigenvalue weighted by Gasteiger charge is 2.22. The molecule has 0 amide bonds. The van der Waals surface area contributed by atoms with Crippen LogP contribution < -0.4 is 47.7 Å². The Kier molecular flexibility index (Phi) is 15.5. The van der Waals surface area contributed by atoms with E-state index in [1.807, 2.05) is 32.0 Å². The summed E-state index contributed by atoms with van der Waals surface area (Å²) in [6.45, 7) is 4.00. The van der Waals surface area contributed by atoms with E-state index in [0.29, 0.717) is 0 Å². The lowest BCUT2D eigenvalue weighted by atomic mass is 9.93. The summed E-state index contributed by atoms with van der Waals surface area (Å²) in [5.74, 6) is -2.06. The summed E-state index contributed by atoms with van der Waals surface area (Å²) in [7, 11) is -3.67. The van der Waals surface area contributed by atoms with E-state index in [0.717, 1.165) is 81.1 Å². The Bertz CT molecular complexity index is 2870. The maximum atomic E-state index is 14.3. The van der Waals surface area contributed by atoms with Gasteiger partial charge in [-0.3, -0.25) is 0 Å². The van der Waals surface area contributed by atoms with Gasteiger partial charge in [-0.2, -0.15) is 0 Å². The van der Waals surface area contributed by atoms with Crippen LogP contribution in [0.15, 0.2) is 237 Å². The van der Waals surface area contributed by atoms with Gasteiger partial charge in [0.15, 0.2) is 0 Å². The van der Waals surface area contributed by atoms with Gasteiger partial charge >= 0.3 is 0 Å². The summed E-state index contributed by atoms with van der Waals surface area (Å²) < 4.78 is 85.8. The van der Waals surface area contributed by atoms with Crippen molar-refractivity contribution in [3.8, 4) is 33.4 Å². The van der Waals surface area contributed by atoms with Gasteiger partial charge in [0.1, 0.15) is 34.9 Å². The maximum Gasteiger partial charge on any atom is 0.123 e. The highest BCUT2D eigenvalue weighted by molar-refractivity contribution is 7.80. The second-order valence-electron chi connectivity index (χ2n) is 16.3. The van der Waals surface area contributed by atoms with Crippen LogP contribution in [0.2, 0.25) is 0 Å². The maximum absolute atomic E-state index is 14.3. The molecular formula is C62H45F6P3. The first kappa shape index (κ1) is 49.1. The fourth-order valence-corrected chi connectivity index (χ4v) is 15.4. The molecule has 0 radical (unpaired) electrons. The first-order chi connectivity index (χ1) is 34.6. The molecule has 0 fully saturated rings. The van der Waals surface area contributed by atoms with E-state index in [4.69, 9.17) is 0 Å². The van der Waals surface area contributed by atoms with Crippen molar-refractivity contribution in [2.75, 3.05) is 0 Å². The van der Waals surface area contributed by atoms with E-state index < -0.39 is 23.8 Å². The molecule has 0 saturated heterocycles. The number of hydrogen-bond donors (Lipinski definition) is 0. The van der Waals surface area contributed by atoms with E-state index >= 15 is 0 Å². The smallest absolute Gasteiger partial charge is 0.123 e. The molecule has 0 N–H and O–H groups in total. The quantitative estimate of drug-likeness (QED) is 0.0845. The van der Waals surface area contributed by atoms with Crippen molar-refractivity contribution in [3.05, 3.63) is 271 Å². The lowest BCUT2D eigenvalue weighted by molar-refractivity contribution is 0.628. The zero-order valence-corrected chi connectivity index (χ0v) is 41.3. The van der Waals surface area contributed by atoms with Crippen LogP contribution in [0.25, 0.3) is 33.4 Å². The van der Waals surface area contributed by atoms with Gasteiger partial charge in [-0.15, -0.1) is 0 Å². The molecule has 350 valence electrons. The molecule has 10 rings (SSSR count). The Hall–Kier alpha value is -6.93. The summed E-state index contributed by atoms with van der Waals surface area (Å²) in [6, 6.07) is 70.2. The number of halogens is 6. The van der Waals surface area contributed by atoms with Gasteiger partial charge in [0, 0.05) is 0 Å². The summed E-state index contributed by atoms with van der Waals surface area (Å²) in [6.07, 6.45) is 0. The summed E-state index contributed by atoms with van der Waals surface area (Å²) in [4.78, 5) is 0. The lowest BCUT2D eigenvalue weighted by Crippen LogP contribution is -2.21. The standard InChI is InChI=1S/C60H39F6P3.C2H6/c61-46-10-22-52(23-11-46)67(53-24-12-47(62)13-25-53)58-7-1-4-40(37-58)43-34-44(41-5-2-8-59(38-41)68(54-26-14-48(63)15-27-54)55-28-16-49(64)17-29-55)36-45(35-43)42-6-3-9-60(39-42)69(56-30-18-50(65)19-31-56)57-32-20-51(66)21-33-57;1-2/h1-39H;1-2H3. The summed E-state index contributed by atoms with van der Waals surface area (Å²) >= 11 is 0. The number of hydrogen-bond acceptors (Lipinski definition) is 0. The van der Waals surface area contributed by atoms with Gasteiger partial charge in [0.05, 0.1) is 0 Å². The van der Waals surface area contributed by atoms with Crippen LogP contribution >= 0.6 is 23.8 Å². The minimum atomic E-state index is -1.22. The molecule has 0 aliphatic carbocycles. The molecule has 0 saturated carbocycles. The third kappa shape index (κ3) is 11.5. The Morgan fingerprint density at radius 1 is 0.197 bits per heavy atom. The lowest BCUT2D eigenvalue weighted by Gasteiger charge is -2.22. The van der Waals surface area contributed by atoms with Crippen molar-refractivity contribution in [1.82, 2.24) is 0 Å². The van der Waals surface area contributed by atoms with E-state index in [9.17, 15) is 26.3 Å². The van der Waals surface area contributed by atoms with Crippen LogP contribution in [0, 0.1) is 34.9 Å². The third-order valence-corrected chi connectivity index (χ3v) is 19.0. The zero-order chi connectivity index (χ0) is 49.4. The Morgan fingerprint density at radius 3 is 0.563 bits per heavy atom. The molecule has 0 heterocycles. The molecular weight excluding hydrogens is 952 g/mol. The van der Waals surface area contributed by atoms with E-state index in [1.165, 1.54) is 72.8 Å². The van der Waals surface area contributed by atoms with Crippen LogP contribution in [0.1, 0.15) is 13.8 Å². The van der Waals surface area contributed by atoms with Gasteiger partial charge in [-0.05, 0) is 214 Å². The predicted molar refractivity (Wildman–Crippen MR) is 290 cm³/mol. The monoisotopic (exact) mass is 996 g/mol. The van der Waals surface area contributed by atoms with Crippen molar-refractivity contribution >= 4 is 71.5 Å². The molecule has 71 heavy (non-hydrogen) atoms. The molecule has 0 nitrogen and oxygen atoms in total. The van der Waals surface area contributed by atoms with Gasteiger partial charge in [0.25, 0.3) is 0 Å². The molecule has 10 aromatic carbocycles. The van der Waals surface area contributed by atoms with Crippen molar-refractivity contribution < 1.29 is 26.3 Å². The molecule has 0 aliphatic rings. The minimum absolute atomic E-state index is 0.343. The summed E-state index contributed by atoms with van der Waals surface area (Å²) in [5.41, 5.74) is 5.56. The van der Waals surface area contributed by atoms with Gasteiger partial charge in [-0.1, -0.05) is 141 Å². The molecule has 9 heteroatoms. The van der Waals surface area contributed by atoms with E-state index in [-0.39, 0.29) is 34.9 Å². The fourth-order valence-electron chi connectivity index (χ4n) is 8.48. The van der Waals surface area contributed by atoms with Gasteiger partial charge in [-0.25, -0.2) is 26.3 Å². The van der Waals surface area contributed by atoms with E-state index in [2.05, 4.69) is 72.8 Å². The molecule has 0 spiro atoms. The Balaban J connectivity index is 0.00000308. The molecule has 0 bridgehead atoms. The molecule has 0 aromatic heterocycles. The van der Waals surface area contributed by atoms with Gasteiger partial charge < -0.3 is 0 Å². The van der Waals surface area contributed by atoms with Crippen LogP contribution in [-0.2, 0) is 0 Å². The first-order valence-corrected chi connectivity index (χ1v) is 27.0. The highest BCUT2D eigenvalue weighted by Crippen LogP contribution is 2.40. The second-order valence-corrected chi connectivity index (χ2v) is 23.0. The summed E-state index contributed by atoms with van der Waals surface area (Å²) in [5, 5.41) is 8.45. The predicted octanol–water partition coefficient (Wildman–Crippen LogP) is 13.8. The third-order valence-electron chi connectivity index (χ3n) is 11.8. The topological polar surface area (TPSA) is 0 Å². The fraction of sp³-hybridized carbons (Fsp3) is 0.0323. The van der Waals surface area contributed by atoms with Crippen molar-refractivity contribution in [2.45, 2.75) is 13.8 Å². The molecule has 0 atom stereocenters. The van der Waals surface area contributed by atoms with Crippen molar-refractivity contribution in [2.24, 2.45) is 0 Å². The highest BCUT2D eigenvalue weighted by atomic mass is 31.1. The molecule has 10 aromatic rings. The average Bonchev–Trinajstić information content (AvgIpc) is 3.41. The Morgan fingerprint density at radius 2 is 0.380 bits per heavy atom. The number of benzene rings is 10. The molecule has 0 aliphatic heterocycles. The van der Waals surface area contributed by atoms with Crippen molar-refractivity contribution in [3.63, 3.8) is 0 Å². The SMILES string of the molecule is CC.Fc1ccc(P(c2ccc(F)cc2)c2cccc(-c3cc(-c4cccc(P(c5ccc(F)cc5)c5ccc(F)cc5)c4)cc(-c4cccc(P(c5ccc(F)cc5)c5ccc(F)cc5)c4)c3)c2)cc1. The second kappa shape index (κ2) is 22.4. The first-order valence-electron chi connectivity index (χ1n) is 23.0. The largest absolute Gasteiger partial charge is 0.207 e. The van der Waals surface area contributed by atoms with Crippen LogP contribution in [0.3, 0.4) is 0 Å². The van der Waals surface area contributed by atoms with Crippen LogP contribution in [0.5, 0.6) is 0 Å². The van der Waals surface area contributed by atoms with Crippen molar-refractivity contribution in [1.29, 1.82) is 0 Å². The Labute approximate surface area is 414 Å².